The topological polar surface area (TPSA) is 122 Å². The molecule has 0 saturated carbocycles. The Bertz CT molecular complexity index is 957. The van der Waals surface area contributed by atoms with Gasteiger partial charge in [0.2, 0.25) is 23.6 Å². The van der Waals surface area contributed by atoms with Crippen LogP contribution in [-0.4, -0.2) is 107 Å². The van der Waals surface area contributed by atoms with Crippen LogP contribution in [0.15, 0.2) is 11.6 Å². The maximum atomic E-state index is 14.0. The van der Waals surface area contributed by atoms with Crippen LogP contribution in [0.5, 0.6) is 0 Å². The van der Waals surface area contributed by atoms with Gasteiger partial charge in [-0.1, -0.05) is 47.1 Å². The molecule has 0 aromatic carbocycles. The second-order valence-electron chi connectivity index (χ2n) is 13.4. The highest BCUT2D eigenvalue weighted by molar-refractivity contribution is 5.97. The summed E-state index contributed by atoms with van der Waals surface area (Å²) >= 11 is 0. The number of piperidine rings is 1. The molecule has 0 aromatic heterocycles. The first-order chi connectivity index (χ1) is 19.1. The van der Waals surface area contributed by atoms with Crippen molar-refractivity contribution in [3.05, 3.63) is 11.6 Å². The molecule has 10 nitrogen and oxygen atoms in total. The highest BCUT2D eigenvalue weighted by atomic mass is 16.3. The Morgan fingerprint density at radius 1 is 0.976 bits per heavy atom. The van der Waals surface area contributed by atoms with Crippen LogP contribution in [-0.2, 0) is 19.2 Å². The summed E-state index contributed by atoms with van der Waals surface area (Å²) in [7, 11) is 1.73. The largest absolute Gasteiger partial charge is 0.395 e. The van der Waals surface area contributed by atoms with E-state index in [1.807, 2.05) is 40.7 Å². The Labute approximate surface area is 247 Å². The molecule has 0 spiro atoms. The third-order valence-corrected chi connectivity index (χ3v) is 8.37. The predicted octanol–water partition coefficient (Wildman–Crippen LogP) is 2.31. The van der Waals surface area contributed by atoms with Crippen molar-refractivity contribution in [1.29, 1.82) is 0 Å². The lowest BCUT2D eigenvalue weighted by Gasteiger charge is -2.41. The van der Waals surface area contributed by atoms with Crippen molar-refractivity contribution in [2.75, 3.05) is 33.3 Å². The molecule has 10 heteroatoms. The molecule has 2 saturated heterocycles. The molecule has 0 aliphatic carbocycles. The number of amides is 4. The van der Waals surface area contributed by atoms with Crippen molar-refractivity contribution < 1.29 is 24.3 Å². The van der Waals surface area contributed by atoms with E-state index in [0.717, 1.165) is 32.2 Å². The van der Waals surface area contributed by atoms with Crippen LogP contribution in [0.3, 0.4) is 0 Å². The summed E-state index contributed by atoms with van der Waals surface area (Å²) in [4.78, 5) is 59.0. The van der Waals surface area contributed by atoms with Crippen molar-refractivity contribution >= 4 is 23.6 Å². The van der Waals surface area contributed by atoms with Crippen LogP contribution in [0.4, 0.5) is 0 Å². The van der Waals surface area contributed by atoms with Gasteiger partial charge in [-0.25, -0.2) is 0 Å². The number of rotatable bonds is 11. The molecule has 4 atom stereocenters. The normalized spacial score (nSPS) is 22.0. The van der Waals surface area contributed by atoms with Crippen LogP contribution >= 0.6 is 0 Å². The minimum Gasteiger partial charge on any atom is -0.395 e. The Hall–Kier alpha value is -2.46. The number of hydrogen-bond acceptors (Lipinski definition) is 6. The van der Waals surface area contributed by atoms with Crippen molar-refractivity contribution in [2.24, 2.45) is 11.3 Å². The fourth-order valence-corrected chi connectivity index (χ4v) is 5.98. The van der Waals surface area contributed by atoms with Crippen molar-refractivity contribution in [3.8, 4) is 0 Å². The van der Waals surface area contributed by atoms with Crippen molar-refractivity contribution in [2.45, 2.75) is 118 Å². The minimum atomic E-state index is -0.736. The first-order valence-electron chi connectivity index (χ1n) is 15.3. The zero-order valence-corrected chi connectivity index (χ0v) is 26.8. The molecule has 2 fully saturated rings. The van der Waals surface area contributed by atoms with E-state index in [2.05, 4.69) is 29.4 Å². The van der Waals surface area contributed by atoms with Crippen LogP contribution < -0.4 is 10.6 Å². The van der Waals surface area contributed by atoms with E-state index < -0.39 is 17.5 Å². The summed E-state index contributed by atoms with van der Waals surface area (Å²) in [5.41, 5.74) is -0.0598. The summed E-state index contributed by atoms with van der Waals surface area (Å²) < 4.78 is 0. The van der Waals surface area contributed by atoms with Gasteiger partial charge in [-0.3, -0.25) is 24.1 Å². The molecule has 2 heterocycles. The Morgan fingerprint density at radius 3 is 2.17 bits per heavy atom. The van der Waals surface area contributed by atoms with Crippen LogP contribution in [0, 0.1) is 11.3 Å². The molecular formula is C31H55N5O5. The zero-order valence-electron chi connectivity index (χ0n) is 26.8. The summed E-state index contributed by atoms with van der Waals surface area (Å²) in [5.74, 6) is -0.800. The molecule has 0 radical (unpaired) electrons. The van der Waals surface area contributed by atoms with Gasteiger partial charge in [0.1, 0.15) is 12.1 Å². The number of nitrogens with zero attached hydrogens (tertiary/aromatic N) is 3. The first kappa shape index (κ1) is 34.7. The van der Waals surface area contributed by atoms with E-state index in [1.165, 1.54) is 0 Å². The SMILES string of the molecule is CC(=C[C@H](C(C)C)N(C)C(=O)[C@@H](NC(=O)C1CCCCN1C(C)C)C(C)(C)C)C(=O)N1CCC[C@H]1C(=O)NCCO. The molecule has 4 amide bonds. The van der Waals surface area contributed by atoms with E-state index in [-0.39, 0.29) is 60.8 Å². The maximum absolute atomic E-state index is 14.0. The van der Waals surface area contributed by atoms with E-state index >= 15 is 0 Å². The van der Waals surface area contributed by atoms with Crippen LogP contribution in [0.2, 0.25) is 0 Å². The predicted molar refractivity (Wildman–Crippen MR) is 161 cm³/mol. The summed E-state index contributed by atoms with van der Waals surface area (Å²) in [6.45, 7) is 17.1. The fourth-order valence-electron chi connectivity index (χ4n) is 5.98. The van der Waals surface area contributed by atoms with Gasteiger partial charge in [-0.15, -0.1) is 0 Å². The monoisotopic (exact) mass is 577 g/mol. The van der Waals surface area contributed by atoms with Crippen molar-refractivity contribution in [3.63, 3.8) is 0 Å². The smallest absolute Gasteiger partial charge is 0.249 e. The molecule has 234 valence electrons. The van der Waals surface area contributed by atoms with Gasteiger partial charge in [0.05, 0.1) is 18.7 Å². The number of aliphatic hydroxyl groups is 1. The lowest BCUT2D eigenvalue weighted by Crippen LogP contribution is -2.60. The third-order valence-electron chi connectivity index (χ3n) is 8.37. The quantitative estimate of drug-likeness (QED) is 0.324. The van der Waals surface area contributed by atoms with E-state index in [0.29, 0.717) is 18.5 Å². The summed E-state index contributed by atoms with van der Waals surface area (Å²) in [5, 5.41) is 14.8. The van der Waals surface area contributed by atoms with Crippen LogP contribution in [0.25, 0.3) is 0 Å². The molecule has 0 bridgehead atoms. The minimum absolute atomic E-state index is 0.0000229. The molecule has 3 N–H and O–H groups in total. The van der Waals surface area contributed by atoms with E-state index in [9.17, 15) is 19.2 Å². The summed E-state index contributed by atoms with van der Waals surface area (Å²) in [6, 6.07) is -1.71. The van der Waals surface area contributed by atoms with Gasteiger partial charge in [-0.05, 0) is 64.3 Å². The number of likely N-dealkylation sites (N-methyl/N-ethyl adjacent to an activating group) is 1. The second kappa shape index (κ2) is 15.1. The third kappa shape index (κ3) is 9.01. The molecular weight excluding hydrogens is 522 g/mol. The number of nitrogens with one attached hydrogen (secondary N) is 2. The van der Waals surface area contributed by atoms with E-state index in [1.54, 1.807) is 23.8 Å². The van der Waals surface area contributed by atoms with Gasteiger partial charge >= 0.3 is 0 Å². The summed E-state index contributed by atoms with van der Waals surface area (Å²) in [6.07, 6.45) is 5.95. The second-order valence-corrected chi connectivity index (χ2v) is 13.4. The number of likely N-dealkylation sites (tertiary alicyclic amines) is 2. The highest BCUT2D eigenvalue weighted by Gasteiger charge is 2.40. The molecule has 2 aliphatic heterocycles. The average Bonchev–Trinajstić information content (AvgIpc) is 3.41. The Kier molecular flexibility index (Phi) is 12.8. The van der Waals surface area contributed by atoms with Gasteiger partial charge in [0.25, 0.3) is 0 Å². The highest BCUT2D eigenvalue weighted by Crippen LogP contribution is 2.26. The van der Waals surface area contributed by atoms with Gasteiger partial charge in [0.15, 0.2) is 0 Å². The first-order valence-corrected chi connectivity index (χ1v) is 15.3. The Morgan fingerprint density at radius 2 is 1.61 bits per heavy atom. The van der Waals surface area contributed by atoms with Gasteiger partial charge < -0.3 is 25.5 Å². The number of carbonyl (C=O) groups excluding carboxylic acids is 4. The van der Waals surface area contributed by atoms with E-state index in [4.69, 9.17) is 5.11 Å². The number of carbonyl (C=O) groups is 4. The van der Waals surface area contributed by atoms with Crippen LogP contribution in [0.1, 0.15) is 87.5 Å². The maximum Gasteiger partial charge on any atom is 0.249 e. The lowest BCUT2D eigenvalue weighted by molar-refractivity contribution is -0.142. The molecule has 1 unspecified atom stereocenters. The van der Waals surface area contributed by atoms with Gasteiger partial charge in [-0.2, -0.15) is 0 Å². The molecule has 2 aliphatic rings. The average molecular weight is 578 g/mol. The molecule has 2 rings (SSSR count). The number of hydrogen-bond donors (Lipinski definition) is 3. The van der Waals surface area contributed by atoms with Crippen molar-refractivity contribution in [1.82, 2.24) is 25.3 Å². The van der Waals surface area contributed by atoms with Gasteiger partial charge in [0, 0.05) is 31.8 Å². The zero-order chi connectivity index (χ0) is 31.1. The fraction of sp³-hybridized carbons (Fsp3) is 0.806. The molecule has 0 aromatic rings. The lowest BCUT2D eigenvalue weighted by atomic mass is 9.84. The Balaban J connectivity index is 2.25. The number of aliphatic hydroxyl groups excluding tert-OH is 1. The standard InChI is InChI=1S/C31H55N5O5/c1-20(2)25(19-22(5)29(40)36-17-12-14-23(36)27(38)32-15-18-37)34(9)30(41)26(31(6,7)8)33-28(39)24-13-10-11-16-35(24)21(3)4/h19-21,23-26,37H,10-18H2,1-9H3,(H,32,38)(H,33,39)/t23-,24?,25+,26+/m0/s1. The molecule has 41 heavy (non-hydrogen) atoms.